The van der Waals surface area contributed by atoms with E-state index in [9.17, 15) is 29.4 Å². The normalized spacial score (nSPS) is 10.8. The SMILES string of the molecule is CCOC.COC(=O)c1c(C)cc(O)cc1O.COC(=O)c1c(C)cc(OCC[Si](C)(C)C)cc1C.COC(=O)c1c(C)cc(OCC[Si](C)(C)C)cc1C[Se]c1ccccc1.COC(=O)c1c(C)cc(OCC[Si](C)(C)C)cc1O. The third kappa shape index (κ3) is 28.0. The van der Waals surface area contributed by atoms with Crippen LogP contribution in [0.2, 0.25) is 77.1 Å². The van der Waals surface area contributed by atoms with Crippen LogP contribution in [0.4, 0.5) is 0 Å². The molecule has 81 heavy (non-hydrogen) atoms. The predicted molar refractivity (Wildman–Crippen MR) is 334 cm³/mol. The van der Waals surface area contributed by atoms with Gasteiger partial charge in [0.05, 0.1) is 40.1 Å². The Morgan fingerprint density at radius 2 is 0.765 bits per heavy atom. The zero-order valence-corrected chi connectivity index (χ0v) is 56.5. The molecule has 0 radical (unpaired) electrons. The Morgan fingerprint density at radius 3 is 1.12 bits per heavy atom. The third-order valence-corrected chi connectivity index (χ3v) is 19.2. The van der Waals surface area contributed by atoms with E-state index in [1.165, 1.54) is 45.0 Å². The van der Waals surface area contributed by atoms with Crippen molar-refractivity contribution in [2.75, 3.05) is 62.0 Å². The summed E-state index contributed by atoms with van der Waals surface area (Å²) in [5.74, 6) is 0.105. The number of methoxy groups -OCH3 is 5. The van der Waals surface area contributed by atoms with Crippen LogP contribution in [0.3, 0.4) is 0 Å². The number of ether oxygens (including phenoxy) is 8. The molecule has 5 aromatic carbocycles. The number of carbonyl (C=O) groups excluding carboxylic acids is 4. The second-order valence-electron chi connectivity index (χ2n) is 22.6. The number of esters is 4. The maximum absolute atomic E-state index is 12.3. The molecule has 0 saturated heterocycles. The zero-order chi connectivity index (χ0) is 61.8. The van der Waals surface area contributed by atoms with Crippen LogP contribution in [-0.2, 0) is 29.0 Å². The second kappa shape index (κ2) is 35.7. The Kier molecular flexibility index (Phi) is 32.1. The van der Waals surface area contributed by atoms with Gasteiger partial charge in [-0.1, -0.05) is 39.3 Å². The Bertz CT molecular complexity index is 2620. The predicted octanol–water partition coefficient (Wildman–Crippen LogP) is 12.9. The summed E-state index contributed by atoms with van der Waals surface area (Å²) in [4.78, 5) is 46.5. The number of rotatable bonds is 20. The summed E-state index contributed by atoms with van der Waals surface area (Å²) in [6.07, 6.45) is 0. The van der Waals surface area contributed by atoms with Gasteiger partial charge in [0.15, 0.2) is 0 Å². The fourth-order valence-electron chi connectivity index (χ4n) is 7.25. The van der Waals surface area contributed by atoms with Gasteiger partial charge in [0, 0.05) is 42.0 Å². The van der Waals surface area contributed by atoms with Crippen LogP contribution in [0.5, 0.6) is 34.5 Å². The summed E-state index contributed by atoms with van der Waals surface area (Å²) in [6, 6.07) is 27.2. The van der Waals surface area contributed by atoms with E-state index in [0.717, 1.165) is 83.1 Å². The van der Waals surface area contributed by atoms with Gasteiger partial charge in [0.25, 0.3) is 0 Å². The largest absolute Gasteiger partial charge is 0.507 e. The van der Waals surface area contributed by atoms with Gasteiger partial charge in [-0.25, -0.2) is 14.4 Å². The van der Waals surface area contributed by atoms with Crippen LogP contribution >= 0.6 is 0 Å². The van der Waals surface area contributed by atoms with Crippen molar-refractivity contribution < 1.29 is 72.4 Å². The number of hydrogen-bond acceptors (Lipinski definition) is 15. The zero-order valence-electron chi connectivity index (χ0n) is 51.8. The van der Waals surface area contributed by atoms with Crippen molar-refractivity contribution >= 4 is 67.5 Å². The molecule has 15 nitrogen and oxygen atoms in total. The van der Waals surface area contributed by atoms with E-state index in [-0.39, 0.29) is 55.3 Å². The molecule has 0 aromatic heterocycles. The first-order valence-electron chi connectivity index (χ1n) is 26.8. The topological polar surface area (TPSA) is 203 Å². The maximum Gasteiger partial charge on any atom is 0.341 e. The standard InChI is InChI=1S/C21H28O3SeSi.C15H24O3Si.C14H22O4Si.C9H10O4.C3H8O/c1-16-13-18(24-11-12-26(3,4)5)14-17(20(16)21(22)23-2)15-25-19-9-7-6-8-10-19;1-11-9-13(18-7-8-19(4,5)6)10-12(2)14(11)15(16)17-3;1-10-8-11(18-6-7-19(3,4)5)9-12(15)13(10)14(16)17-2;1-5-3-6(10)4-7(11)8(5)9(12)13-2;1-3-4-2/h6-10,13-14H,11-12,15H2,1-5H3;9-10H,7-8H2,1-6H3;8-9,15H,6-7H2,1-5H3;3-4,10-11H,1-2H3;3H2,1-2H3. The van der Waals surface area contributed by atoms with Crippen molar-refractivity contribution in [1.82, 2.24) is 0 Å². The monoisotopic (exact) mass is 1240 g/mol. The van der Waals surface area contributed by atoms with Crippen LogP contribution in [-0.4, -0.2) is 140 Å². The van der Waals surface area contributed by atoms with Crippen molar-refractivity contribution in [1.29, 1.82) is 0 Å². The molecule has 5 aromatic rings. The van der Waals surface area contributed by atoms with E-state index in [1.54, 1.807) is 27.0 Å². The Morgan fingerprint density at radius 1 is 0.444 bits per heavy atom. The molecule has 0 saturated carbocycles. The molecule has 0 aliphatic rings. The summed E-state index contributed by atoms with van der Waals surface area (Å²) in [5, 5.41) is 29.1. The first kappa shape index (κ1) is 72.9. The number of hydrogen-bond donors (Lipinski definition) is 3. The quantitative estimate of drug-likeness (QED) is 0.0377. The van der Waals surface area contributed by atoms with Gasteiger partial charge >= 0.3 is 182 Å². The summed E-state index contributed by atoms with van der Waals surface area (Å²) in [5.41, 5.74) is 6.46. The molecule has 0 atom stereocenters. The first-order valence-corrected chi connectivity index (χ1v) is 39.9. The minimum absolute atomic E-state index is 0.0809. The minimum atomic E-state index is -1.13. The molecular weight excluding hydrogens is 1150 g/mol. The number of aryl methyl sites for hydroxylation is 5. The van der Waals surface area contributed by atoms with Crippen LogP contribution in [0, 0.1) is 34.6 Å². The molecule has 0 fully saturated rings. The molecule has 0 aliphatic carbocycles. The third-order valence-electron chi connectivity index (χ3n) is 11.8. The Balaban J connectivity index is 0.000000540. The van der Waals surface area contributed by atoms with Crippen molar-refractivity contribution in [2.45, 2.75) is 124 Å². The average molecular weight is 1240 g/mol. The van der Waals surface area contributed by atoms with Crippen molar-refractivity contribution in [3.8, 4) is 34.5 Å². The number of phenolic OH excluding ortho intramolecular Hbond substituents is 3. The van der Waals surface area contributed by atoms with Gasteiger partial charge in [0.2, 0.25) is 0 Å². The van der Waals surface area contributed by atoms with Gasteiger partial charge < -0.3 is 43.7 Å². The molecule has 3 N–H and O–H groups in total. The summed E-state index contributed by atoms with van der Waals surface area (Å²) >= 11 is 0.257. The van der Waals surface area contributed by atoms with Gasteiger partial charge in [0.1, 0.15) is 39.9 Å². The van der Waals surface area contributed by atoms with Gasteiger partial charge in [-0.2, -0.15) is 0 Å². The first-order chi connectivity index (χ1) is 37.8. The van der Waals surface area contributed by atoms with Crippen molar-refractivity contribution in [3.05, 3.63) is 134 Å². The fourth-order valence-corrected chi connectivity index (χ4v) is 11.3. The van der Waals surface area contributed by atoms with E-state index in [4.69, 9.17) is 28.8 Å². The Labute approximate surface area is 492 Å². The molecule has 0 aliphatic heterocycles. The van der Waals surface area contributed by atoms with Gasteiger partial charge in [-0.05, 0) is 93.2 Å². The molecule has 0 heterocycles. The van der Waals surface area contributed by atoms with Crippen LogP contribution in [0.1, 0.15) is 81.7 Å². The average Bonchev–Trinajstić information content (AvgIpc) is 3.39. The smallest absolute Gasteiger partial charge is 0.341 e. The van der Waals surface area contributed by atoms with E-state index in [0.29, 0.717) is 34.6 Å². The number of phenols is 3. The molecule has 19 heteroatoms. The van der Waals surface area contributed by atoms with E-state index in [1.807, 2.05) is 58.0 Å². The van der Waals surface area contributed by atoms with Crippen LogP contribution in [0.15, 0.2) is 78.9 Å². The fraction of sp³-hybridized carbons (Fsp3) is 0.452. The number of benzene rings is 5. The number of aromatic hydroxyl groups is 3. The second-order valence-corrected chi connectivity index (χ2v) is 41.7. The van der Waals surface area contributed by atoms with Crippen LogP contribution in [0.25, 0.3) is 0 Å². The number of carbonyl (C=O) groups is 4. The molecule has 0 bridgehead atoms. The minimum Gasteiger partial charge on any atom is -0.507 e. The Hall–Kier alpha value is -6.09. The van der Waals surface area contributed by atoms with E-state index < -0.39 is 36.2 Å². The van der Waals surface area contributed by atoms with E-state index >= 15 is 0 Å². The van der Waals surface area contributed by atoms with E-state index in [2.05, 4.69) is 97.4 Å². The molecule has 448 valence electrons. The van der Waals surface area contributed by atoms with Crippen LogP contribution < -0.4 is 18.7 Å². The molecule has 0 amide bonds. The van der Waals surface area contributed by atoms with Crippen molar-refractivity contribution in [2.24, 2.45) is 0 Å². The summed E-state index contributed by atoms with van der Waals surface area (Å²) in [6.45, 7) is 34.8. The van der Waals surface area contributed by atoms with Gasteiger partial charge in [-0.3, -0.25) is 0 Å². The van der Waals surface area contributed by atoms with Crippen molar-refractivity contribution in [3.63, 3.8) is 0 Å². The summed E-state index contributed by atoms with van der Waals surface area (Å²) < 4.78 is 42.2. The maximum atomic E-state index is 12.3. The summed E-state index contributed by atoms with van der Waals surface area (Å²) in [7, 11) is 3.71. The molecule has 5 rings (SSSR count). The molecule has 0 spiro atoms. The van der Waals surface area contributed by atoms with Gasteiger partial charge in [-0.15, -0.1) is 0 Å². The molecular formula is C62H92O15SeSi3. The molecule has 0 unspecified atom stereocenters.